The summed E-state index contributed by atoms with van der Waals surface area (Å²) in [6.45, 7) is 1.35. The van der Waals surface area contributed by atoms with Crippen molar-refractivity contribution in [3.05, 3.63) is 69.7 Å². The summed E-state index contributed by atoms with van der Waals surface area (Å²) in [5.74, 6) is -0.862. The van der Waals surface area contributed by atoms with Crippen molar-refractivity contribution in [3.8, 4) is 0 Å². The molecule has 1 N–H and O–H groups in total. The van der Waals surface area contributed by atoms with Gasteiger partial charge in [-0.1, -0.05) is 42.3 Å². The van der Waals surface area contributed by atoms with E-state index in [1.807, 2.05) is 0 Å². The van der Waals surface area contributed by atoms with Crippen LogP contribution in [0.15, 0.2) is 47.4 Å². The van der Waals surface area contributed by atoms with Gasteiger partial charge in [-0.05, 0) is 47.5 Å². The van der Waals surface area contributed by atoms with Crippen LogP contribution in [0.25, 0.3) is 0 Å². The van der Waals surface area contributed by atoms with Crippen LogP contribution < -0.4 is 4.72 Å². The van der Waals surface area contributed by atoms with Gasteiger partial charge in [-0.15, -0.1) is 10.2 Å². The molecular weight excluding hydrogens is 468 g/mol. The van der Waals surface area contributed by atoms with Crippen molar-refractivity contribution in [1.29, 1.82) is 0 Å². The van der Waals surface area contributed by atoms with Crippen LogP contribution in [0.2, 0.25) is 10.0 Å². The zero-order valence-corrected chi connectivity index (χ0v) is 18.6. The van der Waals surface area contributed by atoms with Crippen LogP contribution in [-0.2, 0) is 27.8 Å². The molecule has 1 heterocycles. The molecule has 164 valence electrons. The molecule has 0 aliphatic heterocycles. The van der Waals surface area contributed by atoms with Crippen molar-refractivity contribution in [3.63, 3.8) is 0 Å². The molecule has 2 aromatic carbocycles. The van der Waals surface area contributed by atoms with E-state index < -0.39 is 27.7 Å². The van der Waals surface area contributed by atoms with Crippen molar-refractivity contribution in [2.24, 2.45) is 0 Å². The molecule has 12 heteroatoms. The maximum Gasteiger partial charge on any atom is 0.241 e. The fourth-order valence-corrected chi connectivity index (χ4v) is 4.65. The molecule has 0 radical (unpaired) electrons. The third-order valence-electron chi connectivity index (χ3n) is 4.39. The van der Waals surface area contributed by atoms with Gasteiger partial charge in [0.25, 0.3) is 0 Å². The fraction of sp³-hybridized carbons (Fsp3) is 0.263. The molecule has 0 aliphatic carbocycles. The van der Waals surface area contributed by atoms with Gasteiger partial charge < -0.3 is 0 Å². The number of benzene rings is 2. The number of nitrogens with one attached hydrogen (secondary N) is 1. The first kappa shape index (κ1) is 23.3. The average molecular weight is 486 g/mol. The minimum Gasteiger partial charge on any atom is -0.296 e. The summed E-state index contributed by atoms with van der Waals surface area (Å²) in [6.07, 6.45) is 0.403. The highest BCUT2D eigenvalue weighted by atomic mass is 35.5. The molecule has 3 rings (SSSR count). The van der Waals surface area contributed by atoms with Crippen molar-refractivity contribution < 1.29 is 17.6 Å². The number of hydrogen-bond donors (Lipinski definition) is 1. The predicted molar refractivity (Wildman–Crippen MR) is 113 cm³/mol. The Labute approximate surface area is 188 Å². The largest absolute Gasteiger partial charge is 0.296 e. The van der Waals surface area contributed by atoms with Crippen molar-refractivity contribution in [2.75, 3.05) is 0 Å². The number of aromatic nitrogens is 4. The molecule has 3 aromatic rings. The van der Waals surface area contributed by atoms with Crippen LogP contribution in [0.3, 0.4) is 0 Å². The lowest BCUT2D eigenvalue weighted by molar-refractivity contribution is -0.121. The topological polar surface area (TPSA) is 107 Å². The average Bonchev–Trinajstić information content (AvgIpc) is 3.16. The minimum atomic E-state index is -4.08. The molecule has 1 atom stereocenters. The van der Waals surface area contributed by atoms with E-state index in [2.05, 4.69) is 20.1 Å². The number of halogens is 3. The monoisotopic (exact) mass is 485 g/mol. The van der Waals surface area contributed by atoms with Gasteiger partial charge in [0.05, 0.1) is 10.9 Å². The van der Waals surface area contributed by atoms with E-state index in [1.165, 1.54) is 12.1 Å². The minimum absolute atomic E-state index is 0.185. The van der Waals surface area contributed by atoms with E-state index in [-0.39, 0.29) is 24.3 Å². The number of rotatable bonds is 9. The van der Waals surface area contributed by atoms with E-state index in [1.54, 1.807) is 25.1 Å². The van der Waals surface area contributed by atoms with Gasteiger partial charge >= 0.3 is 0 Å². The Bertz CT molecular complexity index is 1180. The zero-order chi connectivity index (χ0) is 22.6. The molecular formula is C19H18Cl2FN5O3S. The van der Waals surface area contributed by atoms with E-state index in [9.17, 15) is 17.6 Å². The Morgan fingerprint density at radius 2 is 1.87 bits per heavy atom. The van der Waals surface area contributed by atoms with Gasteiger partial charge in [0.15, 0.2) is 11.6 Å². The first-order valence-corrected chi connectivity index (χ1v) is 11.4. The van der Waals surface area contributed by atoms with Crippen LogP contribution in [0.1, 0.15) is 24.7 Å². The standard InChI is InChI=1S/C19H18Cl2FN5O3S/c1-2-17(25-31(29,30)13-6-3-5-12(22)9-13)18(28)11-27-24-19(23-26-27)10-14-15(20)7-4-8-16(14)21/h3-9,17,25H,2,10-11H2,1H3. The number of nitrogens with zero attached hydrogens (tertiary/aromatic N) is 4. The molecule has 0 aliphatic rings. The number of ketones is 1. The Hall–Kier alpha value is -2.40. The van der Waals surface area contributed by atoms with Gasteiger partial charge in [-0.2, -0.15) is 4.80 Å². The Morgan fingerprint density at radius 1 is 1.19 bits per heavy atom. The third-order valence-corrected chi connectivity index (χ3v) is 6.57. The van der Waals surface area contributed by atoms with E-state index in [0.717, 1.165) is 16.9 Å². The maximum absolute atomic E-state index is 13.4. The fourth-order valence-electron chi connectivity index (χ4n) is 2.79. The third kappa shape index (κ3) is 5.85. The highest BCUT2D eigenvalue weighted by molar-refractivity contribution is 7.89. The molecule has 0 saturated heterocycles. The lowest BCUT2D eigenvalue weighted by Crippen LogP contribution is -2.42. The van der Waals surface area contributed by atoms with Crippen LogP contribution in [0, 0.1) is 5.82 Å². The summed E-state index contributed by atoms with van der Waals surface area (Å²) in [5, 5.41) is 12.8. The number of carbonyl (C=O) groups is 1. The molecule has 0 amide bonds. The van der Waals surface area contributed by atoms with E-state index >= 15 is 0 Å². The number of tetrazole rings is 1. The molecule has 0 fully saturated rings. The summed E-state index contributed by atoms with van der Waals surface area (Å²) in [5.41, 5.74) is 0.631. The number of carbonyl (C=O) groups excluding carboxylic acids is 1. The van der Waals surface area contributed by atoms with Crippen molar-refractivity contribution in [2.45, 2.75) is 37.2 Å². The van der Waals surface area contributed by atoms with Gasteiger partial charge in [0.1, 0.15) is 12.4 Å². The normalized spacial score (nSPS) is 12.6. The summed E-state index contributed by atoms with van der Waals surface area (Å²) in [4.78, 5) is 13.4. The Morgan fingerprint density at radius 3 is 2.52 bits per heavy atom. The van der Waals surface area contributed by atoms with Crippen LogP contribution in [0.4, 0.5) is 4.39 Å². The molecule has 0 spiro atoms. The summed E-state index contributed by atoms with van der Waals surface area (Å²) in [6, 6.07) is 8.58. The number of sulfonamides is 1. The van der Waals surface area contributed by atoms with E-state index in [0.29, 0.717) is 21.4 Å². The Kier molecular flexibility index (Phi) is 7.37. The second-order valence-corrected chi connectivity index (χ2v) is 9.15. The van der Waals surface area contributed by atoms with Crippen LogP contribution in [-0.4, -0.2) is 40.5 Å². The van der Waals surface area contributed by atoms with Crippen molar-refractivity contribution >= 4 is 39.0 Å². The molecule has 1 aromatic heterocycles. The maximum atomic E-state index is 13.4. The second kappa shape index (κ2) is 9.82. The molecule has 31 heavy (non-hydrogen) atoms. The highest BCUT2D eigenvalue weighted by Gasteiger charge is 2.25. The SMILES string of the molecule is CCC(NS(=O)(=O)c1cccc(F)c1)C(=O)Cn1nnc(Cc2c(Cl)cccc2Cl)n1. The molecule has 0 saturated carbocycles. The molecule has 8 nitrogen and oxygen atoms in total. The van der Waals surface area contributed by atoms with Gasteiger partial charge in [-0.3, -0.25) is 4.79 Å². The number of Topliss-reactive ketones (excluding diaryl/α,β-unsaturated/α-hetero) is 1. The van der Waals surface area contributed by atoms with Crippen LogP contribution >= 0.6 is 23.2 Å². The first-order chi connectivity index (χ1) is 14.7. The van der Waals surface area contributed by atoms with Crippen molar-refractivity contribution in [1.82, 2.24) is 24.9 Å². The smallest absolute Gasteiger partial charge is 0.241 e. The zero-order valence-electron chi connectivity index (χ0n) is 16.3. The van der Waals surface area contributed by atoms with Gasteiger partial charge in [-0.25, -0.2) is 17.5 Å². The van der Waals surface area contributed by atoms with Crippen LogP contribution in [0.5, 0.6) is 0 Å². The Balaban J connectivity index is 1.69. The first-order valence-electron chi connectivity index (χ1n) is 9.19. The summed E-state index contributed by atoms with van der Waals surface area (Å²) < 4.78 is 40.6. The van der Waals surface area contributed by atoms with E-state index in [4.69, 9.17) is 23.2 Å². The summed E-state index contributed by atoms with van der Waals surface area (Å²) in [7, 11) is -4.08. The molecule has 1 unspecified atom stereocenters. The van der Waals surface area contributed by atoms with Gasteiger partial charge in [0.2, 0.25) is 10.0 Å². The second-order valence-electron chi connectivity index (χ2n) is 6.62. The lowest BCUT2D eigenvalue weighted by Gasteiger charge is -2.15. The summed E-state index contributed by atoms with van der Waals surface area (Å²) >= 11 is 12.3. The van der Waals surface area contributed by atoms with Gasteiger partial charge in [0, 0.05) is 16.5 Å². The quantitative estimate of drug-likeness (QED) is 0.499. The number of hydrogen-bond acceptors (Lipinski definition) is 6. The lowest BCUT2D eigenvalue weighted by atomic mass is 10.1. The highest BCUT2D eigenvalue weighted by Crippen LogP contribution is 2.25. The predicted octanol–water partition coefficient (Wildman–Crippen LogP) is 3.04. The molecule has 0 bridgehead atoms.